The summed E-state index contributed by atoms with van der Waals surface area (Å²) in [7, 11) is -3.42. The molecule has 0 radical (unpaired) electrons. The van der Waals surface area contributed by atoms with Crippen molar-refractivity contribution in [1.82, 2.24) is 4.90 Å². The lowest BCUT2D eigenvalue weighted by Gasteiger charge is -2.17. The van der Waals surface area contributed by atoms with Gasteiger partial charge in [0, 0.05) is 0 Å². The Kier molecular flexibility index (Phi) is 5.92. The lowest BCUT2D eigenvalue weighted by atomic mass is 10.0. The molecule has 0 spiro atoms. The van der Waals surface area contributed by atoms with Gasteiger partial charge in [-0.1, -0.05) is 60.7 Å². The van der Waals surface area contributed by atoms with Crippen LogP contribution in [0.4, 0.5) is 0 Å². The molecule has 1 heterocycles. The maximum atomic E-state index is 12.9. The van der Waals surface area contributed by atoms with Crippen LogP contribution in [-0.4, -0.2) is 30.2 Å². The fourth-order valence-corrected chi connectivity index (χ4v) is 4.84. The zero-order valence-corrected chi connectivity index (χ0v) is 16.0. The predicted molar refractivity (Wildman–Crippen MR) is 101 cm³/mol. The second-order valence-electron chi connectivity index (χ2n) is 6.12. The summed E-state index contributed by atoms with van der Waals surface area (Å²) in [6.45, 7) is 3.98. The number of amides is 1. The van der Waals surface area contributed by atoms with Crippen LogP contribution in [0.5, 0.6) is 0 Å². The first kappa shape index (κ1) is 18.8. The first-order valence-corrected chi connectivity index (χ1v) is 10.6. The van der Waals surface area contributed by atoms with Crippen molar-refractivity contribution >= 4 is 13.5 Å². The number of rotatable bonds is 8. The van der Waals surface area contributed by atoms with Crippen LogP contribution in [0, 0.1) is 0 Å². The highest BCUT2D eigenvalue weighted by molar-refractivity contribution is 7.54. The Morgan fingerprint density at radius 2 is 1.31 bits per heavy atom. The molecule has 2 aromatic rings. The number of carbonyl (C=O) groups excluding carboxylic acids is 1. The molecular formula is C20H24NO4P. The molecule has 26 heavy (non-hydrogen) atoms. The van der Waals surface area contributed by atoms with E-state index in [2.05, 4.69) is 0 Å². The number of benzene rings is 2. The molecule has 0 bridgehead atoms. The highest BCUT2D eigenvalue weighted by atomic mass is 31.2. The van der Waals surface area contributed by atoms with Crippen LogP contribution in [0.3, 0.4) is 0 Å². The first-order valence-electron chi connectivity index (χ1n) is 8.89. The molecule has 1 fully saturated rings. The summed E-state index contributed by atoms with van der Waals surface area (Å²) >= 11 is 0. The van der Waals surface area contributed by atoms with Gasteiger partial charge in [0.25, 0.3) is 0 Å². The normalized spacial score (nSPS) is 19.4. The van der Waals surface area contributed by atoms with Gasteiger partial charge in [-0.2, -0.15) is 0 Å². The standard InChI is InChI=1S/C20H24NO4P/c1-3-24-26(23,25-4-2)15-18(22)21-19(16-11-7-5-8-12-16)20(21)17-13-9-6-10-14-17/h5-14,19-20H,3-4,15H2,1-2H3/t19-,20-/m1/s1. The van der Waals surface area contributed by atoms with Crippen molar-refractivity contribution in [3.05, 3.63) is 71.8 Å². The van der Waals surface area contributed by atoms with Crippen molar-refractivity contribution in [3.63, 3.8) is 0 Å². The van der Waals surface area contributed by atoms with Gasteiger partial charge in [-0.25, -0.2) is 0 Å². The summed E-state index contributed by atoms with van der Waals surface area (Å²) in [5.41, 5.74) is 2.13. The number of nitrogens with zero attached hydrogens (tertiary/aromatic N) is 1. The van der Waals surface area contributed by atoms with E-state index in [4.69, 9.17) is 9.05 Å². The molecule has 0 N–H and O–H groups in total. The highest BCUT2D eigenvalue weighted by Crippen LogP contribution is 2.57. The maximum Gasteiger partial charge on any atom is 0.340 e. The topological polar surface area (TPSA) is 55.6 Å². The van der Waals surface area contributed by atoms with Gasteiger partial charge in [0.1, 0.15) is 6.16 Å². The summed E-state index contributed by atoms with van der Waals surface area (Å²) < 4.78 is 23.3. The molecule has 3 rings (SSSR count). The Labute approximate surface area is 154 Å². The van der Waals surface area contributed by atoms with Gasteiger partial charge < -0.3 is 13.9 Å². The van der Waals surface area contributed by atoms with Crippen LogP contribution in [0.1, 0.15) is 37.1 Å². The molecule has 1 saturated heterocycles. The molecule has 6 heteroatoms. The van der Waals surface area contributed by atoms with Crippen molar-refractivity contribution < 1.29 is 18.4 Å². The fraction of sp³-hybridized carbons (Fsp3) is 0.350. The molecule has 0 unspecified atom stereocenters. The Bertz CT molecular complexity index is 725. The van der Waals surface area contributed by atoms with Gasteiger partial charge in [0.05, 0.1) is 25.3 Å². The molecule has 0 aliphatic carbocycles. The molecule has 0 aromatic heterocycles. The summed E-state index contributed by atoms with van der Waals surface area (Å²) in [5.74, 6) is -0.210. The van der Waals surface area contributed by atoms with E-state index in [1.807, 2.05) is 60.7 Å². The van der Waals surface area contributed by atoms with E-state index in [0.29, 0.717) is 0 Å². The molecule has 5 nitrogen and oxygen atoms in total. The summed E-state index contributed by atoms with van der Waals surface area (Å²) in [4.78, 5) is 14.7. The maximum absolute atomic E-state index is 12.9. The van der Waals surface area contributed by atoms with E-state index in [1.165, 1.54) is 0 Å². The second kappa shape index (κ2) is 8.17. The molecule has 1 aliphatic rings. The van der Waals surface area contributed by atoms with E-state index in [9.17, 15) is 9.36 Å². The lowest BCUT2D eigenvalue weighted by Crippen LogP contribution is -2.18. The molecule has 2 aromatic carbocycles. The number of carbonyl (C=O) groups is 1. The van der Waals surface area contributed by atoms with Crippen molar-refractivity contribution in [2.24, 2.45) is 0 Å². The third-order valence-corrected chi connectivity index (χ3v) is 6.32. The van der Waals surface area contributed by atoms with Crippen LogP contribution in [0.15, 0.2) is 60.7 Å². The Balaban J connectivity index is 1.84. The van der Waals surface area contributed by atoms with Gasteiger partial charge >= 0.3 is 7.60 Å². The number of hydrogen-bond donors (Lipinski definition) is 0. The van der Waals surface area contributed by atoms with E-state index in [-0.39, 0.29) is 37.4 Å². The van der Waals surface area contributed by atoms with Crippen LogP contribution in [-0.2, 0) is 18.4 Å². The number of hydrogen-bond acceptors (Lipinski definition) is 4. The smallest absolute Gasteiger partial charge is 0.323 e. The lowest BCUT2D eigenvalue weighted by molar-refractivity contribution is -0.124. The molecule has 2 atom stereocenters. The monoisotopic (exact) mass is 373 g/mol. The fourth-order valence-electron chi connectivity index (χ4n) is 3.30. The molecular weight excluding hydrogens is 349 g/mol. The first-order chi connectivity index (χ1) is 12.6. The Morgan fingerprint density at radius 1 is 0.885 bits per heavy atom. The van der Waals surface area contributed by atoms with Gasteiger partial charge in [-0.15, -0.1) is 0 Å². The largest absolute Gasteiger partial charge is 0.340 e. The van der Waals surface area contributed by atoms with Crippen LogP contribution in [0.25, 0.3) is 0 Å². The minimum Gasteiger partial charge on any atom is -0.323 e. The Hall–Kier alpha value is -1.94. The minimum atomic E-state index is -3.42. The third kappa shape index (κ3) is 4.07. The highest BCUT2D eigenvalue weighted by Gasteiger charge is 2.53. The average Bonchev–Trinajstić information content (AvgIpc) is 3.39. The van der Waals surface area contributed by atoms with Crippen molar-refractivity contribution in [2.45, 2.75) is 25.9 Å². The van der Waals surface area contributed by atoms with Crippen molar-refractivity contribution in [1.29, 1.82) is 0 Å². The third-order valence-electron chi connectivity index (χ3n) is 4.36. The SMILES string of the molecule is CCOP(=O)(CC(=O)N1[C@H](c2ccccc2)[C@H]1c1ccccc1)OCC. The Morgan fingerprint density at radius 3 is 1.69 bits per heavy atom. The minimum absolute atomic E-state index is 0.0530. The molecule has 138 valence electrons. The zero-order valence-electron chi connectivity index (χ0n) is 15.1. The van der Waals surface area contributed by atoms with E-state index in [1.54, 1.807) is 18.7 Å². The summed E-state index contributed by atoms with van der Waals surface area (Å²) in [5, 5.41) is 0. The van der Waals surface area contributed by atoms with Crippen LogP contribution in [0.2, 0.25) is 0 Å². The summed E-state index contributed by atoms with van der Waals surface area (Å²) in [6, 6.07) is 19.7. The molecule has 1 amide bonds. The quantitative estimate of drug-likeness (QED) is 0.502. The van der Waals surface area contributed by atoms with Crippen LogP contribution >= 0.6 is 7.60 Å². The van der Waals surface area contributed by atoms with E-state index < -0.39 is 7.60 Å². The molecule has 0 saturated carbocycles. The van der Waals surface area contributed by atoms with Gasteiger partial charge in [0.15, 0.2) is 0 Å². The van der Waals surface area contributed by atoms with Gasteiger partial charge in [-0.05, 0) is 25.0 Å². The predicted octanol–water partition coefficient (Wildman–Crippen LogP) is 4.58. The molecule has 1 aliphatic heterocycles. The van der Waals surface area contributed by atoms with E-state index in [0.717, 1.165) is 11.1 Å². The second-order valence-corrected chi connectivity index (χ2v) is 8.17. The average molecular weight is 373 g/mol. The van der Waals surface area contributed by atoms with E-state index >= 15 is 0 Å². The van der Waals surface area contributed by atoms with Gasteiger partial charge in [-0.3, -0.25) is 9.36 Å². The summed E-state index contributed by atoms with van der Waals surface area (Å²) in [6.07, 6.45) is -0.235. The van der Waals surface area contributed by atoms with Crippen LogP contribution < -0.4 is 0 Å². The van der Waals surface area contributed by atoms with Crippen molar-refractivity contribution in [2.75, 3.05) is 19.4 Å². The zero-order chi connectivity index (χ0) is 18.6. The van der Waals surface area contributed by atoms with Crippen molar-refractivity contribution in [3.8, 4) is 0 Å². The van der Waals surface area contributed by atoms with Gasteiger partial charge in [0.2, 0.25) is 5.91 Å².